The Hall–Kier alpha value is -1.02. The van der Waals surface area contributed by atoms with Crippen LogP contribution < -0.4 is 5.32 Å². The molecule has 0 heterocycles. The second kappa shape index (κ2) is 5.76. The van der Waals surface area contributed by atoms with Crippen molar-refractivity contribution in [1.29, 1.82) is 0 Å². The van der Waals surface area contributed by atoms with Crippen molar-refractivity contribution < 1.29 is 4.79 Å². The molecule has 0 aliphatic rings. The summed E-state index contributed by atoms with van der Waals surface area (Å²) in [6, 6.07) is 5.79. The van der Waals surface area contributed by atoms with E-state index in [0.717, 1.165) is 29.8 Å². The highest BCUT2D eigenvalue weighted by molar-refractivity contribution is 6.30. The third-order valence-corrected chi connectivity index (χ3v) is 2.68. The zero-order valence-electron chi connectivity index (χ0n) is 9.09. The Morgan fingerprint density at radius 1 is 1.53 bits per heavy atom. The van der Waals surface area contributed by atoms with Crippen LogP contribution in [0.3, 0.4) is 0 Å². The predicted molar refractivity (Wildman–Crippen MR) is 64.5 cm³/mol. The van der Waals surface area contributed by atoms with Crippen LogP contribution in [-0.2, 0) is 11.2 Å². The van der Waals surface area contributed by atoms with Crippen molar-refractivity contribution in [2.75, 3.05) is 12.4 Å². The second-order valence-electron chi connectivity index (χ2n) is 3.70. The number of aldehydes is 1. The number of rotatable bonds is 5. The Morgan fingerprint density at radius 2 is 2.27 bits per heavy atom. The van der Waals surface area contributed by atoms with Gasteiger partial charge >= 0.3 is 0 Å². The van der Waals surface area contributed by atoms with Gasteiger partial charge in [0.25, 0.3) is 0 Å². The van der Waals surface area contributed by atoms with Gasteiger partial charge in [-0.15, -0.1) is 0 Å². The maximum atomic E-state index is 10.5. The Balaban J connectivity index is 2.71. The van der Waals surface area contributed by atoms with E-state index in [-0.39, 0.29) is 5.92 Å². The smallest absolute Gasteiger partial charge is 0.122 e. The summed E-state index contributed by atoms with van der Waals surface area (Å²) in [7, 11) is 1.87. The average Bonchev–Trinajstić information content (AvgIpc) is 2.26. The van der Waals surface area contributed by atoms with E-state index in [1.807, 2.05) is 32.2 Å². The molecule has 3 heteroatoms. The summed E-state index contributed by atoms with van der Waals surface area (Å²) in [5.41, 5.74) is 2.25. The van der Waals surface area contributed by atoms with Gasteiger partial charge in [0.2, 0.25) is 0 Å². The van der Waals surface area contributed by atoms with E-state index < -0.39 is 0 Å². The molecule has 2 nitrogen and oxygen atoms in total. The van der Waals surface area contributed by atoms with Crippen LogP contribution in [0.1, 0.15) is 18.9 Å². The molecule has 1 aromatic rings. The number of halogens is 1. The number of hydrogen-bond donors (Lipinski definition) is 1. The van der Waals surface area contributed by atoms with E-state index >= 15 is 0 Å². The zero-order valence-corrected chi connectivity index (χ0v) is 9.84. The number of benzene rings is 1. The minimum atomic E-state index is 0.116. The van der Waals surface area contributed by atoms with Gasteiger partial charge < -0.3 is 10.1 Å². The van der Waals surface area contributed by atoms with Crippen LogP contribution in [0.25, 0.3) is 0 Å². The summed E-state index contributed by atoms with van der Waals surface area (Å²) in [6.07, 6.45) is 2.77. The predicted octanol–water partition coefficient (Wildman–Crippen LogP) is 3.15. The Kier molecular flexibility index (Phi) is 4.63. The first-order valence-corrected chi connectivity index (χ1v) is 5.46. The molecule has 0 aromatic heterocycles. The van der Waals surface area contributed by atoms with Gasteiger partial charge in [0.1, 0.15) is 6.29 Å². The van der Waals surface area contributed by atoms with Gasteiger partial charge in [-0.05, 0) is 30.5 Å². The van der Waals surface area contributed by atoms with E-state index in [9.17, 15) is 4.79 Å². The first-order chi connectivity index (χ1) is 7.17. The SMILES string of the molecule is CNc1cc(Cl)ccc1CCC(C)C=O. The Bertz CT molecular complexity index is 338. The third-order valence-electron chi connectivity index (χ3n) is 2.44. The van der Waals surface area contributed by atoms with Crippen LogP contribution in [0, 0.1) is 5.92 Å². The van der Waals surface area contributed by atoms with Crippen LogP contribution in [0.5, 0.6) is 0 Å². The number of nitrogens with one attached hydrogen (secondary N) is 1. The third kappa shape index (κ3) is 3.56. The molecular formula is C12H16ClNO. The number of hydrogen-bond acceptors (Lipinski definition) is 2. The molecule has 1 N–H and O–H groups in total. The molecule has 0 fully saturated rings. The van der Waals surface area contributed by atoms with Crippen LogP contribution in [0.4, 0.5) is 5.69 Å². The summed E-state index contributed by atoms with van der Waals surface area (Å²) < 4.78 is 0. The van der Waals surface area contributed by atoms with E-state index in [2.05, 4.69) is 5.32 Å². The van der Waals surface area contributed by atoms with Gasteiger partial charge in [0, 0.05) is 23.7 Å². The van der Waals surface area contributed by atoms with Crippen molar-refractivity contribution in [2.45, 2.75) is 19.8 Å². The van der Waals surface area contributed by atoms with Gasteiger partial charge in [-0.3, -0.25) is 0 Å². The Labute approximate surface area is 95.6 Å². The molecule has 1 aromatic carbocycles. The highest BCUT2D eigenvalue weighted by atomic mass is 35.5. The topological polar surface area (TPSA) is 29.1 Å². The summed E-state index contributed by atoms with van der Waals surface area (Å²) in [4.78, 5) is 10.5. The highest BCUT2D eigenvalue weighted by Crippen LogP contribution is 2.22. The summed E-state index contributed by atoms with van der Waals surface area (Å²) in [5.74, 6) is 0.116. The monoisotopic (exact) mass is 225 g/mol. The van der Waals surface area contributed by atoms with Crippen molar-refractivity contribution in [1.82, 2.24) is 0 Å². The van der Waals surface area contributed by atoms with Gasteiger partial charge in [-0.25, -0.2) is 0 Å². The summed E-state index contributed by atoms with van der Waals surface area (Å²) in [6.45, 7) is 1.93. The standard InChI is InChI=1S/C12H16ClNO/c1-9(8-15)3-4-10-5-6-11(13)7-12(10)14-2/h5-9,14H,3-4H2,1-2H3. The molecule has 0 spiro atoms. The second-order valence-corrected chi connectivity index (χ2v) is 4.14. The fourth-order valence-electron chi connectivity index (χ4n) is 1.45. The van der Waals surface area contributed by atoms with Gasteiger partial charge in [-0.1, -0.05) is 24.6 Å². The van der Waals surface area contributed by atoms with Crippen LogP contribution in [0.2, 0.25) is 5.02 Å². The molecule has 82 valence electrons. The normalized spacial score (nSPS) is 12.2. The molecule has 0 aliphatic carbocycles. The highest BCUT2D eigenvalue weighted by Gasteiger charge is 2.05. The molecule has 0 bridgehead atoms. The maximum Gasteiger partial charge on any atom is 0.122 e. The molecule has 0 radical (unpaired) electrons. The van der Waals surface area contributed by atoms with Crippen molar-refractivity contribution in [2.24, 2.45) is 5.92 Å². The molecule has 0 saturated carbocycles. The number of aryl methyl sites for hydroxylation is 1. The lowest BCUT2D eigenvalue weighted by Crippen LogP contribution is -2.01. The fraction of sp³-hybridized carbons (Fsp3) is 0.417. The van der Waals surface area contributed by atoms with Gasteiger partial charge in [-0.2, -0.15) is 0 Å². The Morgan fingerprint density at radius 3 is 2.87 bits per heavy atom. The van der Waals surface area contributed by atoms with Crippen LogP contribution in [0.15, 0.2) is 18.2 Å². The summed E-state index contributed by atoms with van der Waals surface area (Å²) in [5, 5.41) is 3.83. The minimum Gasteiger partial charge on any atom is -0.388 e. The molecular weight excluding hydrogens is 210 g/mol. The number of anilines is 1. The molecule has 1 atom stereocenters. The van der Waals surface area contributed by atoms with E-state index in [1.165, 1.54) is 5.56 Å². The zero-order chi connectivity index (χ0) is 11.3. The molecule has 0 saturated heterocycles. The molecule has 15 heavy (non-hydrogen) atoms. The van der Waals surface area contributed by atoms with E-state index in [1.54, 1.807) is 0 Å². The van der Waals surface area contributed by atoms with Crippen molar-refractivity contribution >= 4 is 23.6 Å². The summed E-state index contributed by atoms with van der Waals surface area (Å²) >= 11 is 5.89. The van der Waals surface area contributed by atoms with Crippen LogP contribution in [-0.4, -0.2) is 13.3 Å². The number of carbonyl (C=O) groups excluding carboxylic acids is 1. The quantitative estimate of drug-likeness (QED) is 0.780. The van der Waals surface area contributed by atoms with Crippen LogP contribution >= 0.6 is 11.6 Å². The molecule has 1 unspecified atom stereocenters. The van der Waals surface area contributed by atoms with Crippen molar-refractivity contribution in [3.8, 4) is 0 Å². The maximum absolute atomic E-state index is 10.5. The first kappa shape index (κ1) is 12.1. The first-order valence-electron chi connectivity index (χ1n) is 5.09. The molecule has 0 aliphatic heterocycles. The average molecular weight is 226 g/mol. The van der Waals surface area contributed by atoms with E-state index in [0.29, 0.717) is 0 Å². The van der Waals surface area contributed by atoms with Gasteiger partial charge in [0.05, 0.1) is 0 Å². The minimum absolute atomic E-state index is 0.116. The largest absolute Gasteiger partial charge is 0.388 e. The van der Waals surface area contributed by atoms with Gasteiger partial charge in [0.15, 0.2) is 0 Å². The lowest BCUT2D eigenvalue weighted by Gasteiger charge is -2.10. The lowest BCUT2D eigenvalue weighted by atomic mass is 10.0. The number of carbonyl (C=O) groups is 1. The van der Waals surface area contributed by atoms with Crippen molar-refractivity contribution in [3.05, 3.63) is 28.8 Å². The molecule has 0 amide bonds. The van der Waals surface area contributed by atoms with Crippen molar-refractivity contribution in [3.63, 3.8) is 0 Å². The molecule has 1 rings (SSSR count). The lowest BCUT2D eigenvalue weighted by molar-refractivity contribution is -0.110. The van der Waals surface area contributed by atoms with E-state index in [4.69, 9.17) is 11.6 Å². The fourth-order valence-corrected chi connectivity index (χ4v) is 1.62.